The number of nitrogens with one attached hydrogen (secondary N) is 1. The third-order valence-electron chi connectivity index (χ3n) is 12.7. The van der Waals surface area contributed by atoms with Crippen LogP contribution in [0, 0.1) is 0 Å². The quantitative estimate of drug-likeness (QED) is 0.0419. The van der Waals surface area contributed by atoms with Crippen molar-refractivity contribution in [1.29, 1.82) is 0 Å². The summed E-state index contributed by atoms with van der Waals surface area (Å²) in [6.45, 7) is 4.92. The molecule has 0 heterocycles. The summed E-state index contributed by atoms with van der Waals surface area (Å²) in [4.78, 5) is 24.5. The molecule has 6 nitrogen and oxygen atoms in total. The van der Waals surface area contributed by atoms with E-state index < -0.39 is 12.1 Å². The molecule has 0 spiro atoms. The Balaban J connectivity index is 3.45. The Kier molecular flexibility index (Phi) is 48.6. The highest BCUT2D eigenvalue weighted by Crippen LogP contribution is 2.17. The molecule has 59 heavy (non-hydrogen) atoms. The summed E-state index contributed by atoms with van der Waals surface area (Å²) >= 11 is 0. The first-order valence-corrected chi connectivity index (χ1v) is 26.8. The van der Waals surface area contributed by atoms with E-state index in [1.807, 2.05) is 0 Å². The minimum atomic E-state index is -0.677. The Morgan fingerprint density at radius 3 is 1.03 bits per heavy atom. The molecule has 0 aromatic rings. The van der Waals surface area contributed by atoms with Crippen LogP contribution in [-0.4, -0.2) is 47.4 Å². The largest absolute Gasteiger partial charge is 0.466 e. The van der Waals surface area contributed by atoms with E-state index in [1.54, 1.807) is 0 Å². The van der Waals surface area contributed by atoms with Crippen LogP contribution in [0.3, 0.4) is 0 Å². The van der Waals surface area contributed by atoms with Crippen molar-refractivity contribution >= 4 is 11.9 Å². The van der Waals surface area contributed by atoms with Crippen LogP contribution in [0.5, 0.6) is 0 Å². The number of hydrogen-bond acceptors (Lipinski definition) is 5. The van der Waals surface area contributed by atoms with Gasteiger partial charge in [0.25, 0.3) is 0 Å². The van der Waals surface area contributed by atoms with Gasteiger partial charge < -0.3 is 20.3 Å². The minimum Gasteiger partial charge on any atom is -0.466 e. The molecule has 352 valence electrons. The molecule has 6 heteroatoms. The molecule has 0 radical (unpaired) electrons. The number of unbranched alkanes of at least 4 members (excludes halogenated alkanes) is 39. The van der Waals surface area contributed by atoms with Crippen molar-refractivity contribution in [3.63, 3.8) is 0 Å². The molecular weight excluding hydrogens is 731 g/mol. The average Bonchev–Trinajstić information content (AvgIpc) is 3.24. The summed E-state index contributed by atoms with van der Waals surface area (Å²) in [6.07, 6.45) is 55.0. The van der Waals surface area contributed by atoms with E-state index in [0.29, 0.717) is 25.9 Å². The topological polar surface area (TPSA) is 95.9 Å². The van der Waals surface area contributed by atoms with Gasteiger partial charge in [0.05, 0.1) is 25.4 Å². The highest BCUT2D eigenvalue weighted by atomic mass is 16.5. The number of esters is 1. The summed E-state index contributed by atoms with van der Waals surface area (Å²) in [5, 5.41) is 23.2. The van der Waals surface area contributed by atoms with Crippen molar-refractivity contribution in [2.24, 2.45) is 0 Å². The van der Waals surface area contributed by atoms with E-state index in [1.165, 1.54) is 212 Å². The van der Waals surface area contributed by atoms with E-state index in [0.717, 1.165) is 57.8 Å². The standard InChI is InChI=1S/C53H105NO5/c1-3-5-7-9-11-13-15-17-19-21-23-25-29-33-37-41-45-51(56)50(49-55)54-52(57)46-42-38-34-30-27-28-32-36-40-44-48-59-53(58)47-43-39-35-31-26-24-22-20-18-16-14-12-10-8-6-4-2/h50-51,55-56H,3-49H2,1-2H3,(H,54,57). The number of ether oxygens (including phenoxy) is 1. The molecule has 0 saturated carbocycles. The van der Waals surface area contributed by atoms with E-state index in [-0.39, 0.29) is 18.5 Å². The number of carbonyl (C=O) groups is 2. The molecule has 3 N–H and O–H groups in total. The fourth-order valence-corrected chi connectivity index (χ4v) is 8.52. The Morgan fingerprint density at radius 1 is 0.407 bits per heavy atom. The Labute approximate surface area is 368 Å². The summed E-state index contributed by atoms with van der Waals surface area (Å²) in [6, 6.07) is -0.556. The van der Waals surface area contributed by atoms with Crippen molar-refractivity contribution in [3.05, 3.63) is 0 Å². The highest BCUT2D eigenvalue weighted by Gasteiger charge is 2.20. The zero-order valence-electron chi connectivity index (χ0n) is 40.0. The van der Waals surface area contributed by atoms with Crippen LogP contribution < -0.4 is 5.32 Å². The predicted molar refractivity (Wildman–Crippen MR) is 255 cm³/mol. The molecule has 0 aromatic heterocycles. The van der Waals surface area contributed by atoms with Crippen molar-refractivity contribution in [3.8, 4) is 0 Å². The lowest BCUT2D eigenvalue weighted by atomic mass is 10.0. The van der Waals surface area contributed by atoms with Crippen molar-refractivity contribution in [1.82, 2.24) is 5.32 Å². The molecular formula is C53H105NO5. The van der Waals surface area contributed by atoms with Gasteiger partial charge in [0, 0.05) is 12.8 Å². The first-order valence-electron chi connectivity index (χ1n) is 26.8. The van der Waals surface area contributed by atoms with Gasteiger partial charge in [-0.05, 0) is 25.7 Å². The van der Waals surface area contributed by atoms with Crippen LogP contribution in [0.2, 0.25) is 0 Å². The average molecular weight is 836 g/mol. The van der Waals surface area contributed by atoms with Gasteiger partial charge in [-0.1, -0.05) is 264 Å². The van der Waals surface area contributed by atoms with Crippen LogP contribution >= 0.6 is 0 Å². The van der Waals surface area contributed by atoms with Crippen LogP contribution in [0.4, 0.5) is 0 Å². The smallest absolute Gasteiger partial charge is 0.305 e. The first-order chi connectivity index (χ1) is 29.0. The summed E-state index contributed by atoms with van der Waals surface area (Å²) in [5.74, 6) is -0.0691. The minimum absolute atomic E-state index is 0.0145. The van der Waals surface area contributed by atoms with Gasteiger partial charge in [-0.15, -0.1) is 0 Å². The molecule has 0 rings (SSSR count). The zero-order chi connectivity index (χ0) is 43.0. The summed E-state index contributed by atoms with van der Waals surface area (Å²) in [5.41, 5.74) is 0. The second-order valence-corrected chi connectivity index (χ2v) is 18.6. The molecule has 1 amide bonds. The summed E-state index contributed by atoms with van der Waals surface area (Å²) in [7, 11) is 0. The second kappa shape index (κ2) is 49.5. The predicted octanol–water partition coefficient (Wildman–Crippen LogP) is 16.0. The first kappa shape index (κ1) is 57.9. The monoisotopic (exact) mass is 836 g/mol. The van der Waals surface area contributed by atoms with Crippen molar-refractivity contribution in [2.45, 2.75) is 315 Å². The maximum absolute atomic E-state index is 12.5. The van der Waals surface area contributed by atoms with Gasteiger partial charge in [0.1, 0.15) is 0 Å². The number of aliphatic hydroxyl groups excluding tert-OH is 2. The molecule has 2 atom stereocenters. The molecule has 0 aliphatic heterocycles. The van der Waals surface area contributed by atoms with E-state index in [4.69, 9.17) is 4.74 Å². The number of amides is 1. The third-order valence-corrected chi connectivity index (χ3v) is 12.7. The van der Waals surface area contributed by atoms with Crippen LogP contribution in [0.25, 0.3) is 0 Å². The SMILES string of the molecule is CCCCCCCCCCCCCCCCCCC(=O)OCCCCCCCCCCCCC(=O)NC(CO)C(O)CCCCCCCCCCCCCCCCCC. The number of hydrogen-bond donors (Lipinski definition) is 3. The molecule has 0 saturated heterocycles. The molecule has 0 aliphatic rings. The van der Waals surface area contributed by atoms with E-state index >= 15 is 0 Å². The second-order valence-electron chi connectivity index (χ2n) is 18.6. The molecule has 0 fully saturated rings. The van der Waals surface area contributed by atoms with E-state index in [2.05, 4.69) is 19.2 Å². The Morgan fingerprint density at radius 2 is 0.695 bits per heavy atom. The molecule has 0 bridgehead atoms. The fraction of sp³-hybridized carbons (Fsp3) is 0.962. The Bertz CT molecular complexity index is 837. The molecule has 0 aromatic carbocycles. The number of aliphatic hydroxyl groups is 2. The number of carbonyl (C=O) groups excluding carboxylic acids is 2. The van der Waals surface area contributed by atoms with Gasteiger partial charge in [0.15, 0.2) is 0 Å². The molecule has 2 unspecified atom stereocenters. The lowest BCUT2D eigenvalue weighted by Gasteiger charge is -2.22. The van der Waals surface area contributed by atoms with Gasteiger partial charge in [-0.25, -0.2) is 0 Å². The van der Waals surface area contributed by atoms with Crippen molar-refractivity contribution < 1.29 is 24.5 Å². The van der Waals surface area contributed by atoms with Crippen LogP contribution in [-0.2, 0) is 14.3 Å². The van der Waals surface area contributed by atoms with Gasteiger partial charge in [-0.2, -0.15) is 0 Å². The van der Waals surface area contributed by atoms with E-state index in [9.17, 15) is 19.8 Å². The fourth-order valence-electron chi connectivity index (χ4n) is 8.52. The van der Waals surface area contributed by atoms with Gasteiger partial charge in [-0.3, -0.25) is 9.59 Å². The Hall–Kier alpha value is -1.14. The zero-order valence-corrected chi connectivity index (χ0v) is 40.0. The maximum Gasteiger partial charge on any atom is 0.305 e. The highest BCUT2D eigenvalue weighted by molar-refractivity contribution is 5.76. The summed E-state index contributed by atoms with van der Waals surface area (Å²) < 4.78 is 5.47. The maximum atomic E-state index is 12.5. The van der Waals surface area contributed by atoms with Crippen LogP contribution in [0.15, 0.2) is 0 Å². The number of rotatable bonds is 50. The lowest BCUT2D eigenvalue weighted by molar-refractivity contribution is -0.143. The normalized spacial score (nSPS) is 12.5. The third kappa shape index (κ3) is 46.2. The lowest BCUT2D eigenvalue weighted by Crippen LogP contribution is -2.45. The molecule has 0 aliphatic carbocycles. The van der Waals surface area contributed by atoms with Gasteiger partial charge in [0.2, 0.25) is 5.91 Å². The van der Waals surface area contributed by atoms with Crippen LogP contribution in [0.1, 0.15) is 303 Å². The van der Waals surface area contributed by atoms with Crippen molar-refractivity contribution in [2.75, 3.05) is 13.2 Å². The van der Waals surface area contributed by atoms with Gasteiger partial charge >= 0.3 is 5.97 Å².